The number of carbonyl (C=O) groups is 2. The summed E-state index contributed by atoms with van der Waals surface area (Å²) in [6.45, 7) is 0.490. The maximum absolute atomic E-state index is 15.2. The zero-order chi connectivity index (χ0) is 20.6. The molecule has 1 fully saturated rings. The minimum absolute atomic E-state index is 0.0380. The quantitative estimate of drug-likeness (QED) is 0.560. The molecule has 0 aromatic carbocycles. The molecule has 0 radical (unpaired) electrons. The number of rotatable bonds is 4. The van der Waals surface area contributed by atoms with Gasteiger partial charge in [-0.2, -0.15) is 5.26 Å². The van der Waals surface area contributed by atoms with Crippen molar-refractivity contribution in [2.75, 3.05) is 18.0 Å². The molecule has 4 heterocycles. The number of pyridine rings is 1. The van der Waals surface area contributed by atoms with Gasteiger partial charge in [-0.3, -0.25) is 9.52 Å². The van der Waals surface area contributed by atoms with Crippen LogP contribution < -0.4 is 9.62 Å². The van der Waals surface area contributed by atoms with Crippen LogP contribution in [0.1, 0.15) is 34.5 Å². The molecule has 0 spiro atoms. The van der Waals surface area contributed by atoms with E-state index in [0.717, 1.165) is 16.2 Å². The Morgan fingerprint density at radius 2 is 2.21 bits per heavy atom. The van der Waals surface area contributed by atoms with E-state index in [4.69, 9.17) is 16.3 Å². The maximum atomic E-state index is 15.2. The number of hydrogen-bond donors (Lipinski definition) is 1. The number of carbonyl (C=O) groups excluding carboxylic acids is 2. The Kier molecular flexibility index (Phi) is 5.38. The number of thiophene rings is 1. The van der Waals surface area contributed by atoms with Crippen LogP contribution in [0, 0.1) is 11.3 Å². The van der Waals surface area contributed by atoms with E-state index in [1.807, 2.05) is 6.07 Å². The Morgan fingerprint density at radius 1 is 1.45 bits per heavy atom. The van der Waals surface area contributed by atoms with E-state index in [2.05, 4.69) is 9.71 Å². The zero-order valence-electron chi connectivity index (χ0n) is 14.9. The number of anilines is 1. The second kappa shape index (κ2) is 7.82. The molecule has 0 saturated carbocycles. The summed E-state index contributed by atoms with van der Waals surface area (Å²) in [5, 5.41) is 9.42. The first-order chi connectivity index (χ1) is 13.9. The molecular formula is C18H14ClFN4O3S2. The highest BCUT2D eigenvalue weighted by Gasteiger charge is 2.42. The van der Waals surface area contributed by atoms with Crippen LogP contribution in [0.25, 0.3) is 0 Å². The summed E-state index contributed by atoms with van der Waals surface area (Å²) in [7, 11) is 0. The van der Waals surface area contributed by atoms with Crippen LogP contribution >= 0.6 is 34.9 Å². The average molecular weight is 453 g/mol. The number of hydrogen-bond acceptors (Lipinski definition) is 8. The van der Waals surface area contributed by atoms with Gasteiger partial charge in [0.1, 0.15) is 18.5 Å². The first kappa shape index (κ1) is 19.9. The monoisotopic (exact) mass is 452 g/mol. The van der Waals surface area contributed by atoms with Crippen molar-refractivity contribution in [3.05, 3.63) is 39.4 Å². The lowest BCUT2D eigenvalue weighted by atomic mass is 9.92. The SMILES string of the molecule is N#Cc1cc2c(nc1N1CCC(F)(C(=O)NSc3ccc(Cl)s3)CC1)COC2=O. The Bertz CT molecular complexity index is 1030. The lowest BCUT2D eigenvalue weighted by molar-refractivity contribution is -0.132. The number of piperidine rings is 1. The predicted octanol–water partition coefficient (Wildman–Crippen LogP) is 3.47. The van der Waals surface area contributed by atoms with E-state index in [1.165, 1.54) is 17.4 Å². The van der Waals surface area contributed by atoms with E-state index in [9.17, 15) is 14.9 Å². The van der Waals surface area contributed by atoms with E-state index >= 15 is 4.39 Å². The minimum atomic E-state index is -2.01. The summed E-state index contributed by atoms with van der Waals surface area (Å²) in [6.07, 6.45) is -0.0761. The molecule has 2 aliphatic heterocycles. The van der Waals surface area contributed by atoms with Gasteiger partial charge in [-0.1, -0.05) is 11.6 Å². The fourth-order valence-electron chi connectivity index (χ4n) is 3.20. The summed E-state index contributed by atoms with van der Waals surface area (Å²) in [6, 6.07) is 6.95. The first-order valence-electron chi connectivity index (χ1n) is 8.67. The molecule has 1 saturated heterocycles. The highest BCUT2D eigenvalue weighted by atomic mass is 35.5. The Labute approximate surface area is 178 Å². The Hall–Kier alpha value is -2.35. The molecule has 2 aromatic rings. The van der Waals surface area contributed by atoms with Crippen LogP contribution in [0.15, 0.2) is 22.4 Å². The van der Waals surface area contributed by atoms with Crippen LogP contribution in [0.3, 0.4) is 0 Å². The molecule has 150 valence electrons. The van der Waals surface area contributed by atoms with E-state index < -0.39 is 17.5 Å². The second-order valence-corrected chi connectivity index (χ2v) is 9.41. The van der Waals surface area contributed by atoms with E-state index in [-0.39, 0.29) is 43.7 Å². The highest BCUT2D eigenvalue weighted by Crippen LogP contribution is 2.34. The number of alkyl halides is 1. The van der Waals surface area contributed by atoms with Gasteiger partial charge < -0.3 is 9.64 Å². The molecule has 1 N–H and O–H groups in total. The Balaban J connectivity index is 1.43. The molecule has 0 unspecified atom stereocenters. The fourth-order valence-corrected chi connectivity index (χ4v) is 5.19. The van der Waals surface area contributed by atoms with Crippen molar-refractivity contribution in [3.8, 4) is 6.07 Å². The topological polar surface area (TPSA) is 95.3 Å². The third-order valence-electron chi connectivity index (χ3n) is 4.82. The lowest BCUT2D eigenvalue weighted by Gasteiger charge is -2.36. The van der Waals surface area contributed by atoms with Gasteiger partial charge in [-0.15, -0.1) is 11.3 Å². The van der Waals surface area contributed by atoms with Gasteiger partial charge in [0.25, 0.3) is 5.91 Å². The van der Waals surface area contributed by atoms with Gasteiger partial charge in [0.05, 0.1) is 25.4 Å². The zero-order valence-corrected chi connectivity index (χ0v) is 17.3. The van der Waals surface area contributed by atoms with Gasteiger partial charge in [0, 0.05) is 25.9 Å². The van der Waals surface area contributed by atoms with Crippen molar-refractivity contribution < 1.29 is 18.7 Å². The van der Waals surface area contributed by atoms with Crippen LogP contribution in [0.4, 0.5) is 10.2 Å². The molecule has 1 amide bonds. The number of fused-ring (bicyclic) bond motifs is 1. The van der Waals surface area contributed by atoms with Gasteiger partial charge in [-0.25, -0.2) is 14.2 Å². The third-order valence-corrected chi connectivity index (χ3v) is 6.97. The summed E-state index contributed by atoms with van der Waals surface area (Å²) < 4.78 is 24.0. The molecule has 4 rings (SSSR count). The maximum Gasteiger partial charge on any atom is 0.340 e. The van der Waals surface area contributed by atoms with Gasteiger partial charge in [-0.05, 0) is 30.1 Å². The summed E-state index contributed by atoms with van der Waals surface area (Å²) in [5.41, 5.74) is -1.03. The van der Waals surface area contributed by atoms with Crippen molar-refractivity contribution in [1.82, 2.24) is 9.71 Å². The van der Waals surface area contributed by atoms with Crippen molar-refractivity contribution in [1.29, 1.82) is 5.26 Å². The molecule has 0 bridgehead atoms. The molecule has 7 nitrogen and oxygen atoms in total. The van der Waals surface area contributed by atoms with Crippen molar-refractivity contribution >= 4 is 52.6 Å². The summed E-state index contributed by atoms with van der Waals surface area (Å²) in [4.78, 5) is 30.2. The van der Waals surface area contributed by atoms with Crippen molar-refractivity contribution in [2.45, 2.75) is 29.3 Å². The highest BCUT2D eigenvalue weighted by molar-refractivity contribution is 7.99. The lowest BCUT2D eigenvalue weighted by Crippen LogP contribution is -2.50. The van der Waals surface area contributed by atoms with Crippen molar-refractivity contribution in [2.24, 2.45) is 0 Å². The smallest absolute Gasteiger partial charge is 0.340 e. The number of aromatic nitrogens is 1. The van der Waals surface area contributed by atoms with Crippen molar-refractivity contribution in [3.63, 3.8) is 0 Å². The van der Waals surface area contributed by atoms with E-state index in [0.29, 0.717) is 15.8 Å². The standard InChI is InChI=1S/C18H14ClFN4O3S2/c19-13-1-2-14(28-13)29-23-17(26)18(20)3-5-24(6-4-18)15-10(8-21)7-11-12(22-15)9-27-16(11)25/h1-2,7H,3-6,9H2,(H,23,26). The number of esters is 1. The summed E-state index contributed by atoms with van der Waals surface area (Å²) in [5.74, 6) is -0.805. The van der Waals surface area contributed by atoms with Gasteiger partial charge in [0.15, 0.2) is 5.67 Å². The Morgan fingerprint density at radius 3 is 2.86 bits per heavy atom. The van der Waals surface area contributed by atoms with Gasteiger partial charge >= 0.3 is 5.97 Å². The normalized spacial score (nSPS) is 17.4. The molecule has 29 heavy (non-hydrogen) atoms. The van der Waals surface area contributed by atoms with Crippen LogP contribution in [-0.2, 0) is 16.1 Å². The minimum Gasteiger partial charge on any atom is -0.455 e. The second-order valence-electron chi connectivity index (χ2n) is 6.59. The number of ether oxygens (including phenoxy) is 1. The molecular weight excluding hydrogens is 439 g/mol. The molecule has 0 atom stereocenters. The number of cyclic esters (lactones) is 1. The summed E-state index contributed by atoms with van der Waals surface area (Å²) >= 11 is 8.19. The molecule has 11 heteroatoms. The first-order valence-corrected chi connectivity index (χ1v) is 10.7. The number of nitrogens with zero attached hydrogens (tertiary/aromatic N) is 3. The largest absolute Gasteiger partial charge is 0.455 e. The molecule has 0 aliphatic carbocycles. The van der Waals surface area contributed by atoms with Crippen LogP contribution in [0.5, 0.6) is 0 Å². The average Bonchev–Trinajstić information content (AvgIpc) is 3.31. The van der Waals surface area contributed by atoms with Gasteiger partial charge in [0.2, 0.25) is 0 Å². The number of nitriles is 1. The number of nitrogens with one attached hydrogen (secondary N) is 1. The third kappa shape index (κ3) is 3.90. The fraction of sp³-hybridized carbons (Fsp3) is 0.333. The molecule has 2 aromatic heterocycles. The van der Waals surface area contributed by atoms with Crippen LogP contribution in [-0.4, -0.2) is 35.6 Å². The molecule has 2 aliphatic rings. The predicted molar refractivity (Wildman–Crippen MR) is 107 cm³/mol. The van der Waals surface area contributed by atoms with E-state index in [1.54, 1.807) is 17.0 Å². The number of halogens is 2. The number of amides is 1. The van der Waals surface area contributed by atoms with Crippen LogP contribution in [0.2, 0.25) is 4.34 Å².